The third kappa shape index (κ3) is 5.98. The Morgan fingerprint density at radius 2 is 1.70 bits per heavy atom. The van der Waals surface area contributed by atoms with Crippen LogP contribution in [-0.4, -0.2) is 55.1 Å². The normalized spacial score (nSPS) is 26.3. The van der Waals surface area contributed by atoms with Gasteiger partial charge in [-0.3, -0.25) is 0 Å². The highest BCUT2D eigenvalue weighted by Gasteiger charge is 2.25. The van der Waals surface area contributed by atoms with Gasteiger partial charge in [0.1, 0.15) is 0 Å². The van der Waals surface area contributed by atoms with Gasteiger partial charge in [-0.2, -0.15) is 0 Å². The van der Waals surface area contributed by atoms with Gasteiger partial charge in [0.2, 0.25) is 0 Å². The third-order valence-corrected chi connectivity index (χ3v) is 5.94. The Bertz CT molecular complexity index is 355. The molecule has 23 heavy (non-hydrogen) atoms. The zero-order chi connectivity index (χ0) is 16.7. The Kier molecular flexibility index (Phi) is 7.68. The molecule has 1 N–H and O–H groups in total. The van der Waals surface area contributed by atoms with Crippen LogP contribution in [0.3, 0.4) is 0 Å². The van der Waals surface area contributed by atoms with Crippen LogP contribution in [0.15, 0.2) is 0 Å². The molecule has 0 heterocycles. The van der Waals surface area contributed by atoms with Gasteiger partial charge in [-0.1, -0.05) is 39.0 Å². The summed E-state index contributed by atoms with van der Waals surface area (Å²) in [4.78, 5) is 16.7. The lowest BCUT2D eigenvalue weighted by Gasteiger charge is -2.34. The Morgan fingerprint density at radius 3 is 2.39 bits per heavy atom. The molecule has 2 rings (SSSR count). The molecular weight excluding hydrogens is 286 g/mol. The van der Waals surface area contributed by atoms with Gasteiger partial charge in [0.05, 0.1) is 0 Å². The van der Waals surface area contributed by atoms with Crippen molar-refractivity contribution in [3.8, 4) is 0 Å². The molecule has 0 aromatic carbocycles. The Hall–Kier alpha value is -0.770. The summed E-state index contributed by atoms with van der Waals surface area (Å²) >= 11 is 0. The van der Waals surface area contributed by atoms with E-state index in [1.807, 2.05) is 11.9 Å². The Morgan fingerprint density at radius 1 is 1.00 bits per heavy atom. The summed E-state index contributed by atoms with van der Waals surface area (Å²) in [5, 5.41) is 3.11. The van der Waals surface area contributed by atoms with Gasteiger partial charge in [0.15, 0.2) is 0 Å². The van der Waals surface area contributed by atoms with Gasteiger partial charge in [0, 0.05) is 25.7 Å². The predicted molar refractivity (Wildman–Crippen MR) is 96.7 cm³/mol. The summed E-state index contributed by atoms with van der Waals surface area (Å²) in [6, 6.07) is 1.32. The van der Waals surface area contributed by atoms with Gasteiger partial charge in [-0.05, 0) is 51.6 Å². The van der Waals surface area contributed by atoms with Crippen molar-refractivity contribution in [1.82, 2.24) is 15.1 Å². The molecule has 2 unspecified atom stereocenters. The van der Waals surface area contributed by atoms with Gasteiger partial charge in [-0.15, -0.1) is 0 Å². The number of hydrogen-bond donors (Lipinski definition) is 1. The number of nitrogens with one attached hydrogen (secondary N) is 1. The average Bonchev–Trinajstić information content (AvgIpc) is 2.58. The van der Waals surface area contributed by atoms with E-state index in [4.69, 9.17) is 0 Å². The van der Waals surface area contributed by atoms with Gasteiger partial charge in [-0.25, -0.2) is 4.79 Å². The molecule has 0 aromatic rings. The molecule has 2 saturated carbocycles. The molecule has 0 bridgehead atoms. The topological polar surface area (TPSA) is 35.6 Å². The molecule has 0 radical (unpaired) electrons. The van der Waals surface area contributed by atoms with Crippen LogP contribution in [0.2, 0.25) is 0 Å². The zero-order valence-corrected chi connectivity index (χ0v) is 15.5. The van der Waals surface area contributed by atoms with Crippen LogP contribution in [0, 0.1) is 5.92 Å². The molecular formula is C19H37N3O. The molecule has 4 heteroatoms. The van der Waals surface area contributed by atoms with Crippen molar-refractivity contribution >= 4 is 6.03 Å². The van der Waals surface area contributed by atoms with Gasteiger partial charge < -0.3 is 15.1 Å². The monoisotopic (exact) mass is 323 g/mol. The second-order valence-electron chi connectivity index (χ2n) is 7.89. The van der Waals surface area contributed by atoms with Crippen molar-refractivity contribution in [1.29, 1.82) is 0 Å². The van der Waals surface area contributed by atoms with Crippen molar-refractivity contribution in [3.63, 3.8) is 0 Å². The summed E-state index contributed by atoms with van der Waals surface area (Å²) in [6.45, 7) is 4.19. The number of nitrogens with zero attached hydrogens (tertiary/aromatic N) is 2. The minimum atomic E-state index is 0.115. The van der Waals surface area contributed by atoms with Crippen LogP contribution in [0.1, 0.15) is 71.1 Å². The number of urea groups is 1. The van der Waals surface area contributed by atoms with Crippen LogP contribution in [0.4, 0.5) is 4.79 Å². The third-order valence-electron chi connectivity index (χ3n) is 5.94. The maximum absolute atomic E-state index is 12.3. The van der Waals surface area contributed by atoms with Crippen LogP contribution in [0.25, 0.3) is 0 Å². The summed E-state index contributed by atoms with van der Waals surface area (Å²) < 4.78 is 0. The fourth-order valence-electron chi connectivity index (χ4n) is 4.27. The van der Waals surface area contributed by atoms with E-state index in [0.717, 1.165) is 37.9 Å². The minimum absolute atomic E-state index is 0.115. The molecule has 2 amide bonds. The van der Waals surface area contributed by atoms with Crippen LogP contribution in [-0.2, 0) is 0 Å². The minimum Gasteiger partial charge on any atom is -0.338 e. The SMILES string of the molecule is CC1CCCC(N(C)C(=O)NCCCN(C)C2CCCCC2)C1. The van der Waals surface area contributed by atoms with E-state index in [0.29, 0.717) is 6.04 Å². The smallest absolute Gasteiger partial charge is 0.317 e. The molecule has 0 spiro atoms. The van der Waals surface area contributed by atoms with Crippen LogP contribution in [0.5, 0.6) is 0 Å². The number of amides is 2. The highest BCUT2D eigenvalue weighted by atomic mass is 16.2. The second-order valence-corrected chi connectivity index (χ2v) is 7.89. The molecule has 134 valence electrons. The predicted octanol–water partition coefficient (Wildman–Crippen LogP) is 3.86. The first-order valence-corrected chi connectivity index (χ1v) is 9.79. The first-order valence-electron chi connectivity index (χ1n) is 9.79. The summed E-state index contributed by atoms with van der Waals surface area (Å²) in [7, 11) is 4.21. The maximum Gasteiger partial charge on any atom is 0.317 e. The number of hydrogen-bond acceptors (Lipinski definition) is 2. The number of carbonyl (C=O) groups excluding carboxylic acids is 1. The highest BCUT2D eigenvalue weighted by Crippen LogP contribution is 2.26. The summed E-state index contributed by atoms with van der Waals surface area (Å²) in [6.07, 6.45) is 12.8. The quantitative estimate of drug-likeness (QED) is 0.753. The van der Waals surface area contributed by atoms with E-state index in [1.165, 1.54) is 51.4 Å². The highest BCUT2D eigenvalue weighted by molar-refractivity contribution is 5.74. The fraction of sp³-hybridized carbons (Fsp3) is 0.947. The second kappa shape index (κ2) is 9.51. The number of carbonyl (C=O) groups is 1. The molecule has 0 aromatic heterocycles. The lowest BCUT2D eigenvalue weighted by Crippen LogP contribution is -2.46. The van der Waals surface area contributed by atoms with Gasteiger partial charge >= 0.3 is 6.03 Å². The maximum atomic E-state index is 12.3. The van der Waals surface area contributed by atoms with Crippen molar-refractivity contribution in [2.75, 3.05) is 27.2 Å². The van der Waals surface area contributed by atoms with Gasteiger partial charge in [0.25, 0.3) is 0 Å². The van der Waals surface area contributed by atoms with E-state index in [9.17, 15) is 4.79 Å². The molecule has 2 aliphatic carbocycles. The average molecular weight is 324 g/mol. The van der Waals surface area contributed by atoms with E-state index in [1.54, 1.807) is 0 Å². The summed E-state index contributed by atoms with van der Waals surface area (Å²) in [5.41, 5.74) is 0. The molecule has 2 aliphatic rings. The van der Waals surface area contributed by atoms with Crippen molar-refractivity contribution < 1.29 is 4.79 Å². The fourth-order valence-corrected chi connectivity index (χ4v) is 4.27. The Labute approximate surface area is 143 Å². The van der Waals surface area contributed by atoms with Crippen LogP contribution < -0.4 is 5.32 Å². The van der Waals surface area contributed by atoms with E-state index in [-0.39, 0.29) is 6.03 Å². The van der Waals surface area contributed by atoms with E-state index < -0.39 is 0 Å². The summed E-state index contributed by atoms with van der Waals surface area (Å²) in [5.74, 6) is 0.758. The largest absolute Gasteiger partial charge is 0.338 e. The molecule has 0 aliphatic heterocycles. The first kappa shape index (κ1) is 18.6. The van der Waals surface area contributed by atoms with E-state index in [2.05, 4.69) is 24.2 Å². The Balaban J connectivity index is 1.60. The lowest BCUT2D eigenvalue weighted by molar-refractivity contribution is 0.158. The van der Waals surface area contributed by atoms with Crippen molar-refractivity contribution in [2.24, 2.45) is 5.92 Å². The molecule has 0 saturated heterocycles. The van der Waals surface area contributed by atoms with Crippen molar-refractivity contribution in [2.45, 2.75) is 83.2 Å². The molecule has 4 nitrogen and oxygen atoms in total. The lowest BCUT2D eigenvalue weighted by atomic mass is 9.86. The molecule has 2 atom stereocenters. The standard InChI is InChI=1S/C19H37N3O/c1-16-9-7-12-18(15-16)22(3)19(23)20-13-8-14-21(2)17-10-5-4-6-11-17/h16-18H,4-15H2,1-3H3,(H,20,23). The van der Waals surface area contributed by atoms with Crippen LogP contribution >= 0.6 is 0 Å². The van der Waals surface area contributed by atoms with E-state index >= 15 is 0 Å². The first-order chi connectivity index (χ1) is 11.1. The van der Waals surface area contributed by atoms with Crippen molar-refractivity contribution in [3.05, 3.63) is 0 Å². The zero-order valence-electron chi connectivity index (χ0n) is 15.5. The number of rotatable bonds is 6. The molecule has 2 fully saturated rings.